The van der Waals surface area contributed by atoms with Crippen LogP contribution in [0, 0.1) is 6.92 Å². The number of aromatic nitrogens is 2. The van der Waals surface area contributed by atoms with E-state index in [0.29, 0.717) is 0 Å². The second-order valence-corrected chi connectivity index (χ2v) is 10.4. The minimum Gasteiger partial charge on any atom is -0.468 e. The smallest absolute Gasteiger partial charge is 0.468 e. The summed E-state index contributed by atoms with van der Waals surface area (Å²) < 4.78 is 57.1. The molecule has 0 radical (unpaired) electrons. The van der Waals surface area contributed by atoms with Gasteiger partial charge in [-0.05, 0) is 6.92 Å². The summed E-state index contributed by atoms with van der Waals surface area (Å²) in [4.78, 5) is 50.8. The lowest BCUT2D eigenvalue weighted by atomic mass is 10.2. The molecular weight excluding hydrogens is 477 g/mol. The fraction of sp³-hybridized carbons (Fsp3) is 0.636. The summed E-state index contributed by atoms with van der Waals surface area (Å²) in [7, 11) is -15.3. The number of ether oxygens (including phenoxy) is 2. The van der Waals surface area contributed by atoms with E-state index in [0.717, 1.165) is 0 Å². The fourth-order valence-corrected chi connectivity index (χ4v) is 5.45. The molecule has 5 N–H and O–H groups in total. The summed E-state index contributed by atoms with van der Waals surface area (Å²) >= 11 is 0. The standard InChI is InChI=1S/C11H19N2O14P3/c1-6-4-13(11(23-2)12-10(6)15)9-3-7(14)8(25-9)5-24-29(19,20)27-30(21,22)26-28(16,17)18/h4,7-9,14H,3,5H2,1-2H3,(H,19,20)(H,21,22)(H2,16,17,18)/t7-,8+,9+/m0/s1. The highest BCUT2D eigenvalue weighted by Gasteiger charge is 2.43. The van der Waals surface area contributed by atoms with Gasteiger partial charge in [-0.1, -0.05) is 0 Å². The molecule has 0 aromatic carbocycles. The maximum absolute atomic E-state index is 11.8. The average molecular weight is 496 g/mol. The third-order valence-electron chi connectivity index (χ3n) is 3.60. The number of phosphoric ester groups is 1. The van der Waals surface area contributed by atoms with Crippen molar-refractivity contribution in [3.05, 3.63) is 22.1 Å². The second-order valence-electron chi connectivity index (χ2n) is 5.94. The summed E-state index contributed by atoms with van der Waals surface area (Å²) in [5.74, 6) is 0. The van der Waals surface area contributed by atoms with E-state index in [4.69, 9.17) is 24.2 Å². The fourth-order valence-electron chi connectivity index (χ4n) is 2.42. The molecule has 172 valence electrons. The summed E-state index contributed by atoms with van der Waals surface area (Å²) in [6, 6.07) is -0.115. The molecular formula is C11H19N2O14P3. The van der Waals surface area contributed by atoms with Gasteiger partial charge in [0.25, 0.3) is 5.56 Å². The average Bonchev–Trinajstić information content (AvgIpc) is 2.92. The molecule has 16 nitrogen and oxygen atoms in total. The van der Waals surface area contributed by atoms with E-state index < -0.39 is 54.1 Å². The van der Waals surface area contributed by atoms with Crippen LogP contribution < -0.4 is 10.3 Å². The molecule has 1 saturated heterocycles. The molecule has 1 aromatic heterocycles. The first-order valence-corrected chi connectivity index (χ1v) is 12.4. The minimum atomic E-state index is -5.66. The summed E-state index contributed by atoms with van der Waals surface area (Å²) in [6.45, 7) is 0.666. The summed E-state index contributed by atoms with van der Waals surface area (Å²) in [5.41, 5.74) is -0.281. The van der Waals surface area contributed by atoms with Crippen LogP contribution in [0.4, 0.5) is 0 Å². The molecule has 2 rings (SSSR count). The third-order valence-corrected chi connectivity index (χ3v) is 7.41. The van der Waals surface area contributed by atoms with Gasteiger partial charge in [0.05, 0.1) is 19.8 Å². The third kappa shape index (κ3) is 7.02. The van der Waals surface area contributed by atoms with E-state index in [1.165, 1.54) is 24.8 Å². The number of phosphoric acid groups is 3. The number of hydrogen-bond donors (Lipinski definition) is 5. The van der Waals surface area contributed by atoms with Crippen molar-refractivity contribution in [2.75, 3.05) is 13.7 Å². The lowest BCUT2D eigenvalue weighted by Gasteiger charge is -2.20. The largest absolute Gasteiger partial charge is 0.490 e. The lowest BCUT2D eigenvalue weighted by molar-refractivity contribution is -0.0461. The van der Waals surface area contributed by atoms with Crippen molar-refractivity contribution in [1.29, 1.82) is 0 Å². The second kappa shape index (κ2) is 9.25. The summed E-state index contributed by atoms with van der Waals surface area (Å²) in [6.07, 6.45) is -2.08. The molecule has 0 spiro atoms. The zero-order chi connectivity index (χ0) is 22.9. The van der Waals surface area contributed by atoms with E-state index in [1.807, 2.05) is 0 Å². The zero-order valence-corrected chi connectivity index (χ0v) is 18.1. The number of methoxy groups -OCH3 is 1. The highest BCUT2D eigenvalue weighted by molar-refractivity contribution is 7.66. The minimum absolute atomic E-state index is 0.0647. The van der Waals surface area contributed by atoms with Crippen LogP contribution in [0.25, 0.3) is 0 Å². The van der Waals surface area contributed by atoms with E-state index in [-0.39, 0.29) is 18.0 Å². The van der Waals surface area contributed by atoms with Gasteiger partial charge >= 0.3 is 29.5 Å². The van der Waals surface area contributed by atoms with Crippen molar-refractivity contribution in [1.82, 2.24) is 9.55 Å². The van der Waals surface area contributed by atoms with Crippen LogP contribution in [0.5, 0.6) is 6.01 Å². The topological polar surface area (TPSA) is 233 Å². The van der Waals surface area contributed by atoms with E-state index in [2.05, 4.69) is 18.1 Å². The van der Waals surface area contributed by atoms with Crippen LogP contribution >= 0.6 is 23.5 Å². The SMILES string of the molecule is COc1nc(=O)c(C)cn1[C@H]1C[C@H](O)[C@@H](COP(=O)(O)OP(=O)(O)OP(=O)(O)O)O1. The molecule has 19 heteroatoms. The van der Waals surface area contributed by atoms with Gasteiger partial charge < -0.3 is 34.2 Å². The molecule has 1 aliphatic rings. The molecule has 2 unspecified atom stereocenters. The van der Waals surface area contributed by atoms with Gasteiger partial charge in [-0.3, -0.25) is 13.9 Å². The van der Waals surface area contributed by atoms with Crippen molar-refractivity contribution < 1.29 is 61.0 Å². The van der Waals surface area contributed by atoms with Gasteiger partial charge in [0, 0.05) is 18.2 Å². The Morgan fingerprint density at radius 1 is 1.20 bits per heavy atom. The Balaban J connectivity index is 2.05. The zero-order valence-electron chi connectivity index (χ0n) is 15.4. The normalized spacial score (nSPS) is 26.2. The van der Waals surface area contributed by atoms with Gasteiger partial charge in [-0.15, -0.1) is 0 Å². The maximum atomic E-state index is 11.8. The predicted octanol–water partition coefficient (Wildman–Crippen LogP) is -0.448. The van der Waals surface area contributed by atoms with Crippen LogP contribution in [-0.2, 0) is 31.6 Å². The van der Waals surface area contributed by atoms with Crippen LogP contribution in [0.15, 0.2) is 11.0 Å². The predicted molar refractivity (Wildman–Crippen MR) is 94.1 cm³/mol. The number of nitrogens with zero attached hydrogens (tertiary/aromatic N) is 2. The molecule has 5 atom stereocenters. The van der Waals surface area contributed by atoms with Gasteiger partial charge in [-0.25, -0.2) is 13.7 Å². The van der Waals surface area contributed by atoms with E-state index >= 15 is 0 Å². The Hall–Kier alpha value is -0.990. The number of aliphatic hydroxyl groups excluding tert-OH is 1. The number of aliphatic hydroxyl groups is 1. The molecule has 1 aliphatic heterocycles. The van der Waals surface area contributed by atoms with Crippen LogP contribution in [-0.4, -0.2) is 60.2 Å². The molecule has 30 heavy (non-hydrogen) atoms. The Labute approximate surface area is 168 Å². The van der Waals surface area contributed by atoms with Crippen LogP contribution in [0.2, 0.25) is 0 Å². The number of aryl methyl sites for hydroxylation is 1. The van der Waals surface area contributed by atoms with Crippen molar-refractivity contribution >= 4 is 23.5 Å². The molecule has 1 aromatic rings. The molecule has 0 bridgehead atoms. The van der Waals surface area contributed by atoms with Crippen molar-refractivity contribution in [2.24, 2.45) is 0 Å². The first kappa shape index (κ1) is 25.3. The number of hydrogen-bond acceptors (Lipinski definition) is 11. The maximum Gasteiger partial charge on any atom is 0.490 e. The van der Waals surface area contributed by atoms with Gasteiger partial charge in [0.15, 0.2) is 0 Å². The van der Waals surface area contributed by atoms with Gasteiger partial charge in [-0.2, -0.15) is 13.6 Å². The van der Waals surface area contributed by atoms with E-state index in [1.54, 1.807) is 0 Å². The Bertz CT molecular complexity index is 974. The molecule has 2 heterocycles. The van der Waals surface area contributed by atoms with Gasteiger partial charge in [0.2, 0.25) is 0 Å². The van der Waals surface area contributed by atoms with Gasteiger partial charge in [0.1, 0.15) is 12.3 Å². The molecule has 0 amide bonds. The first-order valence-electron chi connectivity index (χ1n) is 7.88. The highest BCUT2D eigenvalue weighted by Crippen LogP contribution is 2.66. The van der Waals surface area contributed by atoms with Crippen molar-refractivity contribution in [3.8, 4) is 6.01 Å². The molecule has 1 fully saturated rings. The van der Waals surface area contributed by atoms with Crippen molar-refractivity contribution in [2.45, 2.75) is 31.8 Å². The Morgan fingerprint density at radius 3 is 2.40 bits per heavy atom. The molecule has 0 aliphatic carbocycles. The quantitative estimate of drug-likeness (QED) is 0.272. The van der Waals surface area contributed by atoms with E-state index in [9.17, 15) is 28.5 Å². The highest BCUT2D eigenvalue weighted by atomic mass is 31.3. The number of rotatable bonds is 9. The Kier molecular flexibility index (Phi) is 7.79. The van der Waals surface area contributed by atoms with Crippen LogP contribution in [0.3, 0.4) is 0 Å². The monoisotopic (exact) mass is 496 g/mol. The van der Waals surface area contributed by atoms with Crippen molar-refractivity contribution in [3.63, 3.8) is 0 Å². The Morgan fingerprint density at radius 2 is 1.83 bits per heavy atom. The first-order chi connectivity index (χ1) is 13.6. The lowest BCUT2D eigenvalue weighted by Crippen LogP contribution is -2.26. The summed E-state index contributed by atoms with van der Waals surface area (Å²) in [5, 5.41) is 10.1. The molecule has 0 saturated carbocycles. The van der Waals surface area contributed by atoms with Crippen LogP contribution in [0.1, 0.15) is 18.2 Å².